The predicted octanol–water partition coefficient (Wildman–Crippen LogP) is 5.05. The first kappa shape index (κ1) is 16.5. The summed E-state index contributed by atoms with van der Waals surface area (Å²) in [6, 6.07) is 15.3. The lowest BCUT2D eigenvalue weighted by Gasteiger charge is -2.20. The van der Waals surface area contributed by atoms with Gasteiger partial charge in [0.05, 0.1) is 5.92 Å². The van der Waals surface area contributed by atoms with Crippen LogP contribution in [0.15, 0.2) is 48.5 Å². The Bertz CT molecular complexity index is 660. The highest BCUT2D eigenvalue weighted by molar-refractivity contribution is 6.30. The molecule has 0 aliphatic rings. The Morgan fingerprint density at radius 3 is 2.23 bits per heavy atom. The van der Waals surface area contributed by atoms with Crippen LogP contribution >= 0.6 is 11.6 Å². The van der Waals surface area contributed by atoms with E-state index in [-0.39, 0.29) is 22.8 Å². The molecule has 0 fully saturated rings. The molecule has 3 nitrogen and oxygen atoms in total. The number of benzene rings is 2. The first-order chi connectivity index (χ1) is 10.3. The van der Waals surface area contributed by atoms with Gasteiger partial charge in [0.25, 0.3) is 0 Å². The Morgan fingerprint density at radius 2 is 1.73 bits per heavy atom. The summed E-state index contributed by atoms with van der Waals surface area (Å²) in [7, 11) is 0. The Labute approximate surface area is 136 Å². The van der Waals surface area contributed by atoms with Crippen LogP contribution in [0.3, 0.4) is 0 Å². The molecule has 4 heteroatoms. The third-order valence-electron chi connectivity index (χ3n) is 3.76. The lowest BCUT2D eigenvalue weighted by Crippen LogP contribution is -2.15. The lowest BCUT2D eigenvalue weighted by atomic mass is 9.84. The van der Waals surface area contributed by atoms with Crippen molar-refractivity contribution in [3.05, 3.63) is 80.4 Å². The Hall–Kier alpha value is -1.87. The van der Waals surface area contributed by atoms with Gasteiger partial charge in [0.2, 0.25) is 6.54 Å². The van der Waals surface area contributed by atoms with Crippen molar-refractivity contribution in [3.8, 4) is 0 Å². The van der Waals surface area contributed by atoms with Crippen molar-refractivity contribution in [2.75, 3.05) is 6.54 Å². The number of halogens is 1. The Morgan fingerprint density at radius 1 is 1.09 bits per heavy atom. The quantitative estimate of drug-likeness (QED) is 0.585. The molecule has 0 aromatic heterocycles. The fourth-order valence-electron chi connectivity index (χ4n) is 2.49. The maximum Gasteiger partial charge on any atom is 0.214 e. The van der Waals surface area contributed by atoms with E-state index in [0.717, 1.165) is 11.1 Å². The molecular formula is C18H20ClNO2. The van der Waals surface area contributed by atoms with Crippen molar-refractivity contribution in [2.24, 2.45) is 0 Å². The number of hydrogen-bond acceptors (Lipinski definition) is 2. The second-order valence-electron chi connectivity index (χ2n) is 6.49. The molecule has 22 heavy (non-hydrogen) atoms. The molecule has 0 saturated carbocycles. The minimum atomic E-state index is -0.289. The molecule has 0 heterocycles. The normalized spacial score (nSPS) is 12.9. The van der Waals surface area contributed by atoms with Crippen molar-refractivity contribution >= 4 is 11.6 Å². The minimum Gasteiger partial charge on any atom is -0.265 e. The van der Waals surface area contributed by atoms with Crippen LogP contribution in [-0.4, -0.2) is 11.5 Å². The first-order valence-electron chi connectivity index (χ1n) is 7.25. The van der Waals surface area contributed by atoms with Gasteiger partial charge in [-0.3, -0.25) is 10.1 Å². The van der Waals surface area contributed by atoms with Crippen molar-refractivity contribution < 1.29 is 4.92 Å². The van der Waals surface area contributed by atoms with Crippen LogP contribution in [0, 0.1) is 10.1 Å². The Balaban J connectivity index is 2.39. The zero-order valence-electron chi connectivity index (χ0n) is 13.0. The minimum absolute atomic E-state index is 0.0627. The van der Waals surface area contributed by atoms with Crippen molar-refractivity contribution in [1.82, 2.24) is 0 Å². The number of rotatable bonds is 4. The van der Waals surface area contributed by atoms with Crippen LogP contribution in [0.2, 0.25) is 5.02 Å². The zero-order chi connectivity index (χ0) is 16.3. The molecule has 0 amide bonds. The third-order valence-corrected chi connectivity index (χ3v) is 4.00. The molecule has 1 atom stereocenters. The van der Waals surface area contributed by atoms with Crippen molar-refractivity contribution in [3.63, 3.8) is 0 Å². The van der Waals surface area contributed by atoms with Gasteiger partial charge in [0.15, 0.2) is 0 Å². The van der Waals surface area contributed by atoms with Crippen LogP contribution < -0.4 is 0 Å². The standard InChI is InChI=1S/C18H20ClNO2/c1-18(2,3)15-9-7-13(8-10-15)17(12-20(21)22)14-5-4-6-16(19)11-14/h4-11,17H,12H2,1-3H3/t17-/m0/s1. The highest BCUT2D eigenvalue weighted by Crippen LogP contribution is 2.29. The van der Waals surface area contributed by atoms with Gasteiger partial charge in [0, 0.05) is 9.95 Å². The van der Waals surface area contributed by atoms with Crippen LogP contribution in [-0.2, 0) is 5.41 Å². The molecular weight excluding hydrogens is 298 g/mol. The fourth-order valence-corrected chi connectivity index (χ4v) is 2.69. The molecule has 0 unspecified atom stereocenters. The van der Waals surface area contributed by atoms with E-state index in [0.29, 0.717) is 5.02 Å². The maximum atomic E-state index is 11.0. The largest absolute Gasteiger partial charge is 0.265 e. The zero-order valence-corrected chi connectivity index (χ0v) is 13.8. The summed E-state index contributed by atoms with van der Waals surface area (Å²) in [5, 5.41) is 11.6. The van der Waals surface area contributed by atoms with Gasteiger partial charge in [-0.25, -0.2) is 0 Å². The smallest absolute Gasteiger partial charge is 0.214 e. The van der Waals surface area contributed by atoms with Gasteiger partial charge in [-0.15, -0.1) is 0 Å². The number of nitrogens with zero attached hydrogens (tertiary/aromatic N) is 1. The molecule has 116 valence electrons. The van der Waals surface area contributed by atoms with E-state index in [4.69, 9.17) is 11.6 Å². The molecule has 0 bridgehead atoms. The SMILES string of the molecule is CC(C)(C)c1ccc([C@H](C[N+](=O)[O-])c2cccc(Cl)c2)cc1. The first-order valence-corrected chi connectivity index (χ1v) is 7.63. The van der Waals surface area contributed by atoms with Crippen LogP contribution in [0.1, 0.15) is 43.4 Å². The van der Waals surface area contributed by atoms with Crippen molar-refractivity contribution in [1.29, 1.82) is 0 Å². The molecule has 0 spiro atoms. The maximum absolute atomic E-state index is 11.0. The Kier molecular flexibility index (Phi) is 4.87. The fraction of sp³-hybridized carbons (Fsp3) is 0.333. The summed E-state index contributed by atoms with van der Waals surface area (Å²) in [5.41, 5.74) is 3.08. The highest BCUT2D eigenvalue weighted by atomic mass is 35.5. The molecule has 0 aliphatic heterocycles. The van der Waals surface area contributed by atoms with E-state index in [2.05, 4.69) is 20.8 Å². The van der Waals surface area contributed by atoms with E-state index < -0.39 is 0 Å². The molecule has 0 N–H and O–H groups in total. The second-order valence-corrected chi connectivity index (χ2v) is 6.93. The summed E-state index contributed by atoms with van der Waals surface area (Å²) in [4.78, 5) is 10.8. The average Bonchev–Trinajstić information content (AvgIpc) is 2.44. The van der Waals surface area contributed by atoms with E-state index in [1.165, 1.54) is 5.56 Å². The van der Waals surface area contributed by atoms with Gasteiger partial charge in [-0.2, -0.15) is 0 Å². The summed E-state index contributed by atoms with van der Waals surface area (Å²) in [6.45, 7) is 6.30. The van der Waals surface area contributed by atoms with E-state index in [1.807, 2.05) is 36.4 Å². The van der Waals surface area contributed by atoms with Gasteiger partial charge >= 0.3 is 0 Å². The van der Waals surface area contributed by atoms with Crippen LogP contribution in [0.5, 0.6) is 0 Å². The summed E-state index contributed by atoms with van der Waals surface area (Å²) >= 11 is 6.03. The molecule has 0 saturated heterocycles. The molecule has 2 rings (SSSR count). The number of hydrogen-bond donors (Lipinski definition) is 0. The summed E-state index contributed by atoms with van der Waals surface area (Å²) < 4.78 is 0. The van der Waals surface area contributed by atoms with Gasteiger partial charge in [-0.05, 0) is 34.2 Å². The van der Waals surface area contributed by atoms with E-state index in [9.17, 15) is 10.1 Å². The van der Waals surface area contributed by atoms with Gasteiger partial charge in [-0.1, -0.05) is 68.8 Å². The van der Waals surface area contributed by atoms with Gasteiger partial charge < -0.3 is 0 Å². The highest BCUT2D eigenvalue weighted by Gasteiger charge is 2.21. The van der Waals surface area contributed by atoms with E-state index in [1.54, 1.807) is 12.1 Å². The number of nitro groups is 1. The third kappa shape index (κ3) is 4.08. The molecule has 2 aromatic carbocycles. The summed E-state index contributed by atoms with van der Waals surface area (Å²) in [6.07, 6.45) is 0. The van der Waals surface area contributed by atoms with E-state index >= 15 is 0 Å². The molecule has 0 radical (unpaired) electrons. The van der Waals surface area contributed by atoms with Crippen molar-refractivity contribution in [2.45, 2.75) is 32.1 Å². The topological polar surface area (TPSA) is 43.1 Å². The predicted molar refractivity (Wildman–Crippen MR) is 90.3 cm³/mol. The van der Waals surface area contributed by atoms with Crippen LogP contribution in [0.25, 0.3) is 0 Å². The molecule has 0 aliphatic carbocycles. The average molecular weight is 318 g/mol. The van der Waals surface area contributed by atoms with Crippen LogP contribution in [0.4, 0.5) is 0 Å². The monoisotopic (exact) mass is 317 g/mol. The molecule has 2 aromatic rings. The second kappa shape index (κ2) is 6.49. The summed E-state index contributed by atoms with van der Waals surface area (Å²) in [5.74, 6) is -0.289. The lowest BCUT2D eigenvalue weighted by molar-refractivity contribution is -0.481. The van der Waals surface area contributed by atoms with Gasteiger partial charge in [0.1, 0.15) is 0 Å².